The van der Waals surface area contributed by atoms with Gasteiger partial charge >= 0.3 is 5.69 Å². The summed E-state index contributed by atoms with van der Waals surface area (Å²) < 4.78 is 5.58. The lowest BCUT2D eigenvalue weighted by atomic mass is 10.1. The van der Waals surface area contributed by atoms with E-state index in [0.29, 0.717) is 5.75 Å². The van der Waals surface area contributed by atoms with Gasteiger partial charge in [0.2, 0.25) is 5.75 Å². The topological polar surface area (TPSA) is 72.6 Å². The Labute approximate surface area is 116 Å². The van der Waals surface area contributed by atoms with Crippen LogP contribution >= 0.6 is 0 Å². The third kappa shape index (κ3) is 2.95. The highest BCUT2D eigenvalue weighted by Crippen LogP contribution is 2.32. The van der Waals surface area contributed by atoms with E-state index in [1.165, 1.54) is 6.07 Å². The number of aliphatic hydroxyl groups excluding tert-OH is 1. The van der Waals surface area contributed by atoms with Gasteiger partial charge in [-0.25, -0.2) is 0 Å². The standard InChI is InChI=1S/C15H15NO4/c1-10-3-6-15(14(7-10)16(18)19)20-13-5-4-12(9-17)11(2)8-13/h3-8,17H,9H2,1-2H3. The Bertz CT molecular complexity index is 652. The van der Waals surface area contributed by atoms with Crippen molar-refractivity contribution >= 4 is 5.69 Å². The molecule has 0 aliphatic carbocycles. The van der Waals surface area contributed by atoms with Crippen LogP contribution in [0.15, 0.2) is 36.4 Å². The summed E-state index contributed by atoms with van der Waals surface area (Å²) in [5.41, 5.74) is 2.42. The highest BCUT2D eigenvalue weighted by molar-refractivity contribution is 5.50. The molecule has 0 bridgehead atoms. The van der Waals surface area contributed by atoms with Gasteiger partial charge in [0.1, 0.15) is 5.75 Å². The van der Waals surface area contributed by atoms with Gasteiger partial charge < -0.3 is 9.84 Å². The molecule has 1 N–H and O–H groups in total. The molecule has 5 heteroatoms. The number of hydrogen-bond donors (Lipinski definition) is 1. The lowest BCUT2D eigenvalue weighted by Gasteiger charge is -2.09. The number of hydrogen-bond acceptors (Lipinski definition) is 4. The summed E-state index contributed by atoms with van der Waals surface area (Å²) in [5, 5.41) is 20.1. The molecule has 104 valence electrons. The van der Waals surface area contributed by atoms with Crippen molar-refractivity contribution in [2.75, 3.05) is 0 Å². The van der Waals surface area contributed by atoms with Crippen molar-refractivity contribution in [3.63, 3.8) is 0 Å². The van der Waals surface area contributed by atoms with E-state index < -0.39 is 4.92 Å². The third-order valence-corrected chi connectivity index (χ3v) is 3.02. The Morgan fingerprint density at radius 3 is 2.55 bits per heavy atom. The van der Waals surface area contributed by atoms with Crippen LogP contribution in [-0.4, -0.2) is 10.0 Å². The molecule has 0 atom stereocenters. The van der Waals surface area contributed by atoms with E-state index in [-0.39, 0.29) is 18.0 Å². The van der Waals surface area contributed by atoms with Crippen LogP contribution < -0.4 is 4.74 Å². The maximum Gasteiger partial charge on any atom is 0.311 e. The summed E-state index contributed by atoms with van der Waals surface area (Å²) in [6.45, 7) is 3.59. The van der Waals surface area contributed by atoms with Crippen LogP contribution in [0.1, 0.15) is 16.7 Å². The summed E-state index contributed by atoms with van der Waals surface area (Å²) in [6.07, 6.45) is 0. The first-order valence-corrected chi connectivity index (χ1v) is 6.14. The van der Waals surface area contributed by atoms with Gasteiger partial charge in [-0.15, -0.1) is 0 Å². The fraction of sp³-hybridized carbons (Fsp3) is 0.200. The van der Waals surface area contributed by atoms with Crippen molar-refractivity contribution in [2.24, 2.45) is 0 Å². The predicted molar refractivity (Wildman–Crippen MR) is 75.0 cm³/mol. The van der Waals surface area contributed by atoms with Crippen molar-refractivity contribution in [3.05, 3.63) is 63.2 Å². The average Bonchev–Trinajstić information content (AvgIpc) is 2.41. The van der Waals surface area contributed by atoms with E-state index >= 15 is 0 Å². The molecule has 0 spiro atoms. The number of aliphatic hydroxyl groups is 1. The Hall–Kier alpha value is -2.40. The summed E-state index contributed by atoms with van der Waals surface area (Å²) in [6, 6.07) is 9.99. The van der Waals surface area contributed by atoms with Crippen molar-refractivity contribution < 1.29 is 14.8 Å². The minimum atomic E-state index is -0.461. The van der Waals surface area contributed by atoms with Crippen LogP contribution in [0.3, 0.4) is 0 Å². The summed E-state index contributed by atoms with van der Waals surface area (Å²) in [4.78, 5) is 10.6. The molecule has 0 aromatic heterocycles. The second-order valence-electron chi connectivity index (χ2n) is 4.58. The SMILES string of the molecule is Cc1ccc(Oc2ccc(CO)c(C)c2)c([N+](=O)[O-])c1. The van der Waals surface area contributed by atoms with Crippen molar-refractivity contribution in [2.45, 2.75) is 20.5 Å². The smallest absolute Gasteiger partial charge is 0.311 e. The minimum absolute atomic E-state index is 0.0448. The van der Waals surface area contributed by atoms with Crippen molar-refractivity contribution in [3.8, 4) is 11.5 Å². The maximum absolute atomic E-state index is 11.0. The lowest BCUT2D eigenvalue weighted by Crippen LogP contribution is -1.95. The van der Waals surface area contributed by atoms with Crippen molar-refractivity contribution in [1.82, 2.24) is 0 Å². The first kappa shape index (κ1) is 14.0. The molecule has 0 heterocycles. The number of aryl methyl sites for hydroxylation is 2. The molecule has 0 aliphatic heterocycles. The van der Waals surface area contributed by atoms with E-state index in [2.05, 4.69) is 0 Å². The normalized spacial score (nSPS) is 10.3. The average molecular weight is 273 g/mol. The fourth-order valence-electron chi connectivity index (χ4n) is 1.89. The molecule has 5 nitrogen and oxygen atoms in total. The Morgan fingerprint density at radius 2 is 1.95 bits per heavy atom. The number of rotatable bonds is 4. The van der Waals surface area contributed by atoms with Gasteiger partial charge in [0.15, 0.2) is 0 Å². The minimum Gasteiger partial charge on any atom is -0.450 e. The first-order valence-electron chi connectivity index (χ1n) is 6.14. The summed E-state index contributed by atoms with van der Waals surface area (Å²) in [7, 11) is 0. The quantitative estimate of drug-likeness (QED) is 0.683. The largest absolute Gasteiger partial charge is 0.450 e. The van der Waals surface area contributed by atoms with Crippen molar-refractivity contribution in [1.29, 1.82) is 0 Å². The van der Waals surface area contributed by atoms with Crippen LogP contribution in [-0.2, 0) is 6.61 Å². The van der Waals surface area contributed by atoms with Gasteiger partial charge in [-0.05, 0) is 48.7 Å². The summed E-state index contributed by atoms with van der Waals surface area (Å²) in [5.74, 6) is 0.711. The van der Waals surface area contributed by atoms with Gasteiger partial charge in [0, 0.05) is 6.07 Å². The number of nitro benzene ring substituents is 1. The number of nitro groups is 1. The molecule has 0 unspecified atom stereocenters. The first-order chi connectivity index (χ1) is 9.51. The van der Waals surface area contributed by atoms with E-state index in [9.17, 15) is 10.1 Å². The predicted octanol–water partition coefficient (Wildman–Crippen LogP) is 3.50. The Morgan fingerprint density at radius 1 is 1.20 bits per heavy atom. The molecule has 2 aromatic carbocycles. The second-order valence-corrected chi connectivity index (χ2v) is 4.58. The van der Waals surface area contributed by atoms with Gasteiger partial charge in [-0.1, -0.05) is 12.1 Å². The zero-order valence-electron chi connectivity index (χ0n) is 11.3. The van der Waals surface area contributed by atoms with Crippen LogP contribution in [0.2, 0.25) is 0 Å². The lowest BCUT2D eigenvalue weighted by molar-refractivity contribution is -0.385. The highest BCUT2D eigenvalue weighted by atomic mass is 16.6. The molecule has 0 saturated heterocycles. The van der Waals surface area contributed by atoms with E-state index in [1.807, 2.05) is 6.92 Å². The Kier molecular flexibility index (Phi) is 4.00. The van der Waals surface area contributed by atoms with Crippen LogP contribution in [0.4, 0.5) is 5.69 Å². The molecular formula is C15H15NO4. The Balaban J connectivity index is 2.35. The number of benzene rings is 2. The monoisotopic (exact) mass is 273 g/mol. The molecule has 0 amide bonds. The molecule has 0 fully saturated rings. The van der Waals surface area contributed by atoms with Gasteiger partial charge in [0.05, 0.1) is 11.5 Å². The third-order valence-electron chi connectivity index (χ3n) is 3.02. The van der Waals surface area contributed by atoms with E-state index in [4.69, 9.17) is 9.84 Å². The van der Waals surface area contributed by atoms with Crippen LogP contribution in [0.5, 0.6) is 11.5 Å². The molecular weight excluding hydrogens is 258 g/mol. The molecule has 0 aliphatic rings. The maximum atomic E-state index is 11.0. The second kappa shape index (κ2) is 5.71. The molecule has 0 saturated carbocycles. The van der Waals surface area contributed by atoms with E-state index in [1.54, 1.807) is 37.3 Å². The van der Waals surface area contributed by atoms with Gasteiger partial charge in [-0.3, -0.25) is 10.1 Å². The number of ether oxygens (including phenoxy) is 1. The zero-order valence-corrected chi connectivity index (χ0v) is 11.3. The zero-order chi connectivity index (χ0) is 14.7. The van der Waals surface area contributed by atoms with Crippen LogP contribution in [0.25, 0.3) is 0 Å². The molecule has 0 radical (unpaired) electrons. The molecule has 2 aromatic rings. The molecule has 20 heavy (non-hydrogen) atoms. The van der Waals surface area contributed by atoms with Crippen LogP contribution in [0, 0.1) is 24.0 Å². The number of nitrogens with zero attached hydrogens (tertiary/aromatic N) is 1. The highest BCUT2D eigenvalue weighted by Gasteiger charge is 2.16. The van der Waals surface area contributed by atoms with E-state index in [0.717, 1.165) is 16.7 Å². The molecule has 2 rings (SSSR count). The fourth-order valence-corrected chi connectivity index (χ4v) is 1.89. The van der Waals surface area contributed by atoms with Gasteiger partial charge in [0.25, 0.3) is 0 Å². The summed E-state index contributed by atoms with van der Waals surface area (Å²) >= 11 is 0. The van der Waals surface area contributed by atoms with Gasteiger partial charge in [-0.2, -0.15) is 0 Å².